The Kier molecular flexibility index (Phi) is 8.07. The number of aryl methyl sites for hydroxylation is 1. The van der Waals surface area contributed by atoms with Crippen LogP contribution in [-0.4, -0.2) is 49.7 Å². The van der Waals surface area contributed by atoms with E-state index < -0.39 is 0 Å². The highest BCUT2D eigenvalue weighted by Crippen LogP contribution is 2.22. The summed E-state index contributed by atoms with van der Waals surface area (Å²) in [5, 5.41) is 7.36. The number of rotatable bonds is 9. The van der Waals surface area contributed by atoms with Crippen LogP contribution in [-0.2, 0) is 22.6 Å². The van der Waals surface area contributed by atoms with E-state index in [1.807, 2.05) is 24.3 Å². The maximum Gasteiger partial charge on any atom is 0.237 e. The van der Waals surface area contributed by atoms with Crippen molar-refractivity contribution in [3.8, 4) is 0 Å². The molecule has 1 fully saturated rings. The molecule has 0 saturated carbocycles. The van der Waals surface area contributed by atoms with Gasteiger partial charge in [-0.05, 0) is 36.6 Å². The number of benzene rings is 2. The van der Waals surface area contributed by atoms with Crippen LogP contribution >= 0.6 is 11.6 Å². The minimum Gasteiger partial charge on any atom is -0.383 e. The number of amides is 1. The second kappa shape index (κ2) is 10.7. The van der Waals surface area contributed by atoms with Crippen molar-refractivity contribution in [3.05, 3.63) is 70.2 Å². The average Bonchev–Trinajstić information content (AvgIpc) is 3.11. The first kappa shape index (κ1) is 21.8. The molecule has 1 aliphatic heterocycles. The number of nitrogens with zero attached hydrogens (tertiary/aromatic N) is 1. The summed E-state index contributed by atoms with van der Waals surface area (Å²) < 4.78 is 5.05. The lowest BCUT2D eigenvalue weighted by Crippen LogP contribution is -2.43. The molecule has 1 heterocycles. The van der Waals surface area contributed by atoms with Gasteiger partial charge in [0.15, 0.2) is 0 Å². The quantitative estimate of drug-likeness (QED) is 0.618. The summed E-state index contributed by atoms with van der Waals surface area (Å²) in [6.45, 7) is 5.51. The molecule has 2 atom stereocenters. The van der Waals surface area contributed by atoms with Crippen molar-refractivity contribution in [2.45, 2.75) is 38.5 Å². The van der Waals surface area contributed by atoms with E-state index in [2.05, 4.69) is 46.7 Å². The lowest BCUT2D eigenvalue weighted by molar-refractivity contribution is -0.125. The topological polar surface area (TPSA) is 53.6 Å². The first-order valence-corrected chi connectivity index (χ1v) is 10.5. The third-order valence-corrected chi connectivity index (χ3v) is 5.54. The molecule has 0 spiro atoms. The third-order valence-electron chi connectivity index (χ3n) is 5.29. The molecule has 6 heteroatoms. The number of carbonyl (C=O) groups is 1. The molecule has 0 unspecified atom stereocenters. The van der Waals surface area contributed by atoms with Gasteiger partial charge in [-0.3, -0.25) is 9.69 Å². The summed E-state index contributed by atoms with van der Waals surface area (Å²) in [5.74, 6) is 0.0656. The van der Waals surface area contributed by atoms with Crippen LogP contribution in [0.4, 0.5) is 0 Å². The largest absolute Gasteiger partial charge is 0.383 e. The molecule has 2 aromatic rings. The monoisotopic (exact) mass is 415 g/mol. The van der Waals surface area contributed by atoms with Gasteiger partial charge >= 0.3 is 0 Å². The minimum absolute atomic E-state index is 0.0656. The predicted molar refractivity (Wildman–Crippen MR) is 117 cm³/mol. The van der Waals surface area contributed by atoms with Crippen molar-refractivity contribution in [1.29, 1.82) is 0 Å². The minimum atomic E-state index is -0.155. The normalized spacial score (nSPS) is 19.4. The van der Waals surface area contributed by atoms with Crippen molar-refractivity contribution in [3.63, 3.8) is 0 Å². The van der Waals surface area contributed by atoms with Crippen molar-refractivity contribution in [2.24, 2.45) is 0 Å². The SMILES string of the molecule is COCCNC(=O)[C@@H]1C[C@H](NCc2cccc(C)c2)CN1Cc1ccc(Cl)cc1. The Balaban J connectivity index is 1.63. The molecule has 1 amide bonds. The van der Waals surface area contributed by atoms with Gasteiger partial charge in [-0.2, -0.15) is 0 Å². The highest BCUT2D eigenvalue weighted by atomic mass is 35.5. The summed E-state index contributed by atoms with van der Waals surface area (Å²) in [7, 11) is 1.64. The number of methoxy groups -OCH3 is 1. The number of likely N-dealkylation sites (tertiary alicyclic amines) is 1. The van der Waals surface area contributed by atoms with E-state index in [-0.39, 0.29) is 18.0 Å². The van der Waals surface area contributed by atoms with E-state index in [9.17, 15) is 4.79 Å². The lowest BCUT2D eigenvalue weighted by Gasteiger charge is -2.23. The average molecular weight is 416 g/mol. The lowest BCUT2D eigenvalue weighted by atomic mass is 10.1. The highest BCUT2D eigenvalue weighted by Gasteiger charge is 2.36. The Labute approximate surface area is 178 Å². The van der Waals surface area contributed by atoms with E-state index in [1.165, 1.54) is 11.1 Å². The number of nitrogens with one attached hydrogen (secondary N) is 2. The van der Waals surface area contributed by atoms with Crippen LogP contribution in [0.2, 0.25) is 5.02 Å². The molecular weight excluding hydrogens is 386 g/mol. The Hall–Kier alpha value is -1.92. The number of halogens is 1. The standard InChI is InChI=1S/C23H30ClN3O2/c1-17-4-3-5-19(12-17)14-26-21-13-22(23(28)25-10-11-29-2)27(16-21)15-18-6-8-20(24)9-7-18/h3-9,12,21-22,26H,10-11,13-16H2,1-2H3,(H,25,28)/t21-,22-/m0/s1. The molecular formula is C23H30ClN3O2. The third kappa shape index (κ3) is 6.54. The molecule has 1 aliphatic rings. The molecule has 29 heavy (non-hydrogen) atoms. The van der Waals surface area contributed by atoms with Gasteiger partial charge < -0.3 is 15.4 Å². The van der Waals surface area contributed by atoms with Crippen LogP contribution in [0.5, 0.6) is 0 Å². The van der Waals surface area contributed by atoms with Crippen molar-refractivity contribution in [1.82, 2.24) is 15.5 Å². The summed E-state index contributed by atoms with van der Waals surface area (Å²) >= 11 is 6.01. The van der Waals surface area contributed by atoms with E-state index >= 15 is 0 Å². The van der Waals surface area contributed by atoms with Crippen LogP contribution in [0.25, 0.3) is 0 Å². The number of ether oxygens (including phenoxy) is 1. The first-order chi connectivity index (χ1) is 14.0. The first-order valence-electron chi connectivity index (χ1n) is 10.1. The Morgan fingerprint density at radius 1 is 1.21 bits per heavy atom. The fourth-order valence-corrected chi connectivity index (χ4v) is 3.93. The zero-order valence-electron chi connectivity index (χ0n) is 17.2. The molecule has 0 radical (unpaired) electrons. The Bertz CT molecular complexity index is 797. The van der Waals surface area contributed by atoms with Crippen LogP contribution < -0.4 is 10.6 Å². The molecule has 1 saturated heterocycles. The van der Waals surface area contributed by atoms with Crippen molar-refractivity contribution < 1.29 is 9.53 Å². The summed E-state index contributed by atoms with van der Waals surface area (Å²) in [5.41, 5.74) is 3.68. The molecule has 0 aliphatic carbocycles. The Morgan fingerprint density at radius 3 is 2.72 bits per heavy atom. The summed E-state index contributed by atoms with van der Waals surface area (Å²) in [6, 6.07) is 16.5. The molecule has 3 rings (SSSR count). The van der Waals surface area contributed by atoms with Crippen molar-refractivity contribution >= 4 is 17.5 Å². The van der Waals surface area contributed by atoms with E-state index in [0.717, 1.165) is 36.6 Å². The van der Waals surface area contributed by atoms with Gasteiger partial charge in [-0.15, -0.1) is 0 Å². The molecule has 0 bridgehead atoms. The van der Waals surface area contributed by atoms with Gasteiger partial charge in [0.1, 0.15) is 0 Å². The predicted octanol–water partition coefficient (Wildman–Crippen LogP) is 3.14. The van der Waals surface area contributed by atoms with Crippen LogP contribution in [0.15, 0.2) is 48.5 Å². The number of hydrogen-bond acceptors (Lipinski definition) is 4. The zero-order valence-corrected chi connectivity index (χ0v) is 17.9. The van der Waals surface area contributed by atoms with Gasteiger partial charge in [0.25, 0.3) is 0 Å². The molecule has 5 nitrogen and oxygen atoms in total. The molecule has 0 aromatic heterocycles. The van der Waals surface area contributed by atoms with Crippen LogP contribution in [0.1, 0.15) is 23.1 Å². The van der Waals surface area contributed by atoms with Gasteiger partial charge in [0, 0.05) is 44.4 Å². The van der Waals surface area contributed by atoms with E-state index in [0.29, 0.717) is 13.2 Å². The number of carbonyl (C=O) groups excluding carboxylic acids is 1. The summed E-state index contributed by atoms with van der Waals surface area (Å²) in [6.07, 6.45) is 0.790. The molecule has 2 N–H and O–H groups in total. The highest BCUT2D eigenvalue weighted by molar-refractivity contribution is 6.30. The van der Waals surface area contributed by atoms with Gasteiger partial charge in [0.05, 0.1) is 12.6 Å². The maximum atomic E-state index is 12.8. The fraction of sp³-hybridized carbons (Fsp3) is 0.435. The molecule has 2 aromatic carbocycles. The molecule has 156 valence electrons. The second-order valence-electron chi connectivity index (χ2n) is 7.66. The zero-order chi connectivity index (χ0) is 20.6. The number of hydrogen-bond donors (Lipinski definition) is 2. The maximum absolute atomic E-state index is 12.8. The Morgan fingerprint density at radius 2 is 2.00 bits per heavy atom. The van der Waals surface area contributed by atoms with Crippen LogP contribution in [0, 0.1) is 6.92 Å². The van der Waals surface area contributed by atoms with Gasteiger partial charge in [-0.25, -0.2) is 0 Å². The van der Waals surface area contributed by atoms with E-state index in [4.69, 9.17) is 16.3 Å². The fourth-order valence-electron chi connectivity index (χ4n) is 3.80. The summed E-state index contributed by atoms with van der Waals surface area (Å²) in [4.78, 5) is 15.0. The van der Waals surface area contributed by atoms with Crippen LogP contribution in [0.3, 0.4) is 0 Å². The second-order valence-corrected chi connectivity index (χ2v) is 8.09. The van der Waals surface area contributed by atoms with Gasteiger partial charge in [0.2, 0.25) is 5.91 Å². The smallest absolute Gasteiger partial charge is 0.237 e. The van der Waals surface area contributed by atoms with Crippen molar-refractivity contribution in [2.75, 3.05) is 26.8 Å². The van der Waals surface area contributed by atoms with E-state index in [1.54, 1.807) is 7.11 Å². The van der Waals surface area contributed by atoms with Gasteiger partial charge in [-0.1, -0.05) is 53.6 Å².